The van der Waals surface area contributed by atoms with Crippen LogP contribution in [0.1, 0.15) is 31.4 Å². The Balaban J connectivity index is 1.89. The van der Waals surface area contributed by atoms with Crippen molar-refractivity contribution in [2.45, 2.75) is 32.1 Å². The van der Waals surface area contributed by atoms with Crippen LogP contribution in [0.15, 0.2) is 24.4 Å². The molecule has 1 aromatic heterocycles. The molecule has 2 N–H and O–H groups in total. The SMILES string of the molecule is NCCCCCCOCCc1ccccn1. The highest BCUT2D eigenvalue weighted by atomic mass is 16.5. The van der Waals surface area contributed by atoms with E-state index in [4.69, 9.17) is 10.5 Å². The lowest BCUT2D eigenvalue weighted by Gasteiger charge is -2.03. The Labute approximate surface area is 98.0 Å². The third-order valence-electron chi connectivity index (χ3n) is 2.47. The summed E-state index contributed by atoms with van der Waals surface area (Å²) in [6, 6.07) is 5.97. The highest BCUT2D eigenvalue weighted by molar-refractivity contribution is 5.03. The highest BCUT2D eigenvalue weighted by Crippen LogP contribution is 2.00. The monoisotopic (exact) mass is 222 g/mol. The lowest BCUT2D eigenvalue weighted by Crippen LogP contribution is -2.02. The van der Waals surface area contributed by atoms with Crippen molar-refractivity contribution in [2.75, 3.05) is 19.8 Å². The first kappa shape index (κ1) is 13.1. The van der Waals surface area contributed by atoms with Gasteiger partial charge in [-0.25, -0.2) is 0 Å². The van der Waals surface area contributed by atoms with Gasteiger partial charge in [-0.3, -0.25) is 4.98 Å². The van der Waals surface area contributed by atoms with Crippen LogP contribution in [-0.4, -0.2) is 24.7 Å². The molecule has 0 aliphatic rings. The summed E-state index contributed by atoms with van der Waals surface area (Å²) in [5.74, 6) is 0. The van der Waals surface area contributed by atoms with Crippen LogP contribution in [0.25, 0.3) is 0 Å². The van der Waals surface area contributed by atoms with E-state index in [9.17, 15) is 0 Å². The van der Waals surface area contributed by atoms with Crippen molar-refractivity contribution in [3.05, 3.63) is 30.1 Å². The molecular formula is C13H22N2O. The number of nitrogens with two attached hydrogens (primary N) is 1. The second kappa shape index (κ2) is 9.31. The van der Waals surface area contributed by atoms with Gasteiger partial charge in [-0.1, -0.05) is 18.9 Å². The highest BCUT2D eigenvalue weighted by Gasteiger charge is 1.93. The van der Waals surface area contributed by atoms with Gasteiger partial charge in [0, 0.05) is 24.9 Å². The second-order valence-corrected chi connectivity index (χ2v) is 3.89. The van der Waals surface area contributed by atoms with Crippen molar-refractivity contribution in [2.24, 2.45) is 5.73 Å². The van der Waals surface area contributed by atoms with Crippen LogP contribution in [0.4, 0.5) is 0 Å². The third kappa shape index (κ3) is 6.53. The Kier molecular flexibility index (Phi) is 7.64. The van der Waals surface area contributed by atoms with Crippen LogP contribution in [0.2, 0.25) is 0 Å². The van der Waals surface area contributed by atoms with Crippen LogP contribution in [0, 0.1) is 0 Å². The van der Waals surface area contributed by atoms with E-state index in [1.54, 1.807) is 0 Å². The van der Waals surface area contributed by atoms with Gasteiger partial charge in [0.1, 0.15) is 0 Å². The van der Waals surface area contributed by atoms with E-state index in [1.165, 1.54) is 12.8 Å². The van der Waals surface area contributed by atoms with Crippen molar-refractivity contribution < 1.29 is 4.74 Å². The summed E-state index contributed by atoms with van der Waals surface area (Å²) in [5, 5.41) is 0. The standard InChI is InChI=1S/C13H22N2O/c14-9-4-1-2-6-11-16-12-8-13-7-3-5-10-15-13/h3,5,7,10H,1-2,4,6,8-9,11-12,14H2. The molecular weight excluding hydrogens is 200 g/mol. The Morgan fingerprint density at radius 2 is 1.94 bits per heavy atom. The number of ether oxygens (including phenoxy) is 1. The number of rotatable bonds is 9. The minimum absolute atomic E-state index is 0.772. The largest absolute Gasteiger partial charge is 0.381 e. The predicted octanol–water partition coefficient (Wildman–Crippen LogP) is 2.16. The molecule has 90 valence electrons. The fourth-order valence-corrected chi connectivity index (χ4v) is 1.53. The summed E-state index contributed by atoms with van der Waals surface area (Å²) < 4.78 is 5.55. The topological polar surface area (TPSA) is 48.1 Å². The molecule has 0 radical (unpaired) electrons. The number of hydrogen-bond acceptors (Lipinski definition) is 3. The normalized spacial score (nSPS) is 10.6. The summed E-state index contributed by atoms with van der Waals surface area (Å²) >= 11 is 0. The average molecular weight is 222 g/mol. The van der Waals surface area contributed by atoms with Gasteiger partial charge in [0.05, 0.1) is 6.61 Å². The molecule has 0 fully saturated rings. The van der Waals surface area contributed by atoms with Crippen molar-refractivity contribution in [1.82, 2.24) is 4.98 Å². The van der Waals surface area contributed by atoms with Crippen molar-refractivity contribution in [3.8, 4) is 0 Å². The molecule has 0 bridgehead atoms. The van der Waals surface area contributed by atoms with Crippen molar-refractivity contribution >= 4 is 0 Å². The maximum atomic E-state index is 5.55. The predicted molar refractivity (Wildman–Crippen MR) is 66.3 cm³/mol. The van der Waals surface area contributed by atoms with Gasteiger partial charge in [-0.2, -0.15) is 0 Å². The minimum atomic E-state index is 0.772. The van der Waals surface area contributed by atoms with Crippen LogP contribution < -0.4 is 5.73 Å². The molecule has 0 spiro atoms. The van der Waals surface area contributed by atoms with Gasteiger partial charge in [0.25, 0.3) is 0 Å². The molecule has 0 aliphatic carbocycles. The molecule has 0 atom stereocenters. The van der Waals surface area contributed by atoms with E-state index in [0.29, 0.717) is 0 Å². The van der Waals surface area contributed by atoms with E-state index < -0.39 is 0 Å². The van der Waals surface area contributed by atoms with Gasteiger partial charge >= 0.3 is 0 Å². The average Bonchev–Trinajstić information content (AvgIpc) is 2.34. The smallest absolute Gasteiger partial charge is 0.0521 e. The summed E-state index contributed by atoms with van der Waals surface area (Å²) in [4.78, 5) is 4.24. The van der Waals surface area contributed by atoms with Gasteiger partial charge in [-0.05, 0) is 31.5 Å². The van der Waals surface area contributed by atoms with E-state index in [-0.39, 0.29) is 0 Å². The van der Waals surface area contributed by atoms with E-state index >= 15 is 0 Å². The molecule has 3 heteroatoms. The van der Waals surface area contributed by atoms with Crippen LogP contribution in [-0.2, 0) is 11.2 Å². The second-order valence-electron chi connectivity index (χ2n) is 3.89. The molecule has 16 heavy (non-hydrogen) atoms. The molecule has 1 aromatic rings. The van der Waals surface area contributed by atoms with E-state index in [1.807, 2.05) is 24.4 Å². The Hall–Kier alpha value is -0.930. The van der Waals surface area contributed by atoms with Gasteiger partial charge in [0.15, 0.2) is 0 Å². The Morgan fingerprint density at radius 1 is 1.06 bits per heavy atom. The first-order valence-corrected chi connectivity index (χ1v) is 6.11. The fraction of sp³-hybridized carbons (Fsp3) is 0.615. The number of hydrogen-bond donors (Lipinski definition) is 1. The van der Waals surface area contributed by atoms with Crippen LogP contribution >= 0.6 is 0 Å². The maximum Gasteiger partial charge on any atom is 0.0521 e. The third-order valence-corrected chi connectivity index (χ3v) is 2.47. The molecule has 1 rings (SSSR count). The summed E-state index contributed by atoms with van der Waals surface area (Å²) in [7, 11) is 0. The number of nitrogens with zero attached hydrogens (tertiary/aromatic N) is 1. The first-order chi connectivity index (χ1) is 7.93. The summed E-state index contributed by atoms with van der Waals surface area (Å²) in [6.07, 6.45) is 7.45. The molecule has 1 heterocycles. The molecule has 0 unspecified atom stereocenters. The molecule has 0 amide bonds. The number of unbranched alkanes of at least 4 members (excludes halogenated alkanes) is 3. The maximum absolute atomic E-state index is 5.55. The molecule has 0 saturated heterocycles. The van der Waals surface area contributed by atoms with Crippen molar-refractivity contribution in [3.63, 3.8) is 0 Å². The fourth-order valence-electron chi connectivity index (χ4n) is 1.53. The molecule has 0 saturated carbocycles. The first-order valence-electron chi connectivity index (χ1n) is 6.11. The van der Waals surface area contributed by atoms with Crippen LogP contribution in [0.3, 0.4) is 0 Å². The number of pyridine rings is 1. The zero-order valence-electron chi connectivity index (χ0n) is 9.90. The van der Waals surface area contributed by atoms with Gasteiger partial charge < -0.3 is 10.5 Å². The van der Waals surface area contributed by atoms with E-state index in [0.717, 1.165) is 44.7 Å². The lowest BCUT2D eigenvalue weighted by atomic mass is 10.2. The van der Waals surface area contributed by atoms with Gasteiger partial charge in [0.2, 0.25) is 0 Å². The van der Waals surface area contributed by atoms with E-state index in [2.05, 4.69) is 4.98 Å². The summed E-state index contributed by atoms with van der Waals surface area (Å²) in [5.41, 5.74) is 6.52. The summed E-state index contributed by atoms with van der Waals surface area (Å²) in [6.45, 7) is 2.44. The zero-order chi connectivity index (χ0) is 11.5. The molecule has 3 nitrogen and oxygen atoms in total. The number of aromatic nitrogens is 1. The zero-order valence-corrected chi connectivity index (χ0v) is 9.90. The Morgan fingerprint density at radius 3 is 2.69 bits per heavy atom. The van der Waals surface area contributed by atoms with Crippen LogP contribution in [0.5, 0.6) is 0 Å². The van der Waals surface area contributed by atoms with Gasteiger partial charge in [-0.15, -0.1) is 0 Å². The van der Waals surface area contributed by atoms with Crippen molar-refractivity contribution in [1.29, 1.82) is 0 Å². The quantitative estimate of drug-likeness (QED) is 0.651. The molecule has 0 aromatic carbocycles. The lowest BCUT2D eigenvalue weighted by molar-refractivity contribution is 0.132. The minimum Gasteiger partial charge on any atom is -0.381 e. The molecule has 0 aliphatic heterocycles. The Bertz CT molecular complexity index is 251.